The van der Waals surface area contributed by atoms with Gasteiger partial charge in [0.2, 0.25) is 0 Å². The highest BCUT2D eigenvalue weighted by Gasteiger charge is 1.97. The van der Waals surface area contributed by atoms with Crippen molar-refractivity contribution in [2.75, 3.05) is 0 Å². The van der Waals surface area contributed by atoms with E-state index in [2.05, 4.69) is 9.97 Å². The normalized spacial score (nSPS) is 10.3. The van der Waals surface area contributed by atoms with Crippen LogP contribution in [0.3, 0.4) is 0 Å². The van der Waals surface area contributed by atoms with Crippen molar-refractivity contribution in [3.8, 4) is 0 Å². The fourth-order valence-electron chi connectivity index (χ4n) is 0.879. The molecule has 0 aliphatic rings. The van der Waals surface area contributed by atoms with Gasteiger partial charge in [-0.25, -0.2) is 4.98 Å². The second kappa shape index (κ2) is 6.98. The molecule has 0 unspecified atom stereocenters. The van der Waals surface area contributed by atoms with Crippen LogP contribution in [0.15, 0.2) is 12.3 Å². The van der Waals surface area contributed by atoms with Crippen LogP contribution < -0.4 is 0 Å². The van der Waals surface area contributed by atoms with Gasteiger partial charge in [-0.05, 0) is 25.0 Å². The summed E-state index contributed by atoms with van der Waals surface area (Å²) in [4.78, 5) is 7.18. The molecule has 3 nitrogen and oxygen atoms in total. The SMILES string of the molecule is CC.Cc1cnc(/C=C\C(=N)C(C)C)[nH]1. The van der Waals surface area contributed by atoms with Crippen LogP contribution in [0, 0.1) is 18.3 Å². The summed E-state index contributed by atoms with van der Waals surface area (Å²) in [6.45, 7) is 9.96. The molecular weight excluding hydrogens is 186 g/mol. The third kappa shape index (κ3) is 5.15. The molecule has 0 radical (unpaired) electrons. The first-order chi connectivity index (χ1) is 7.09. The Kier molecular flexibility index (Phi) is 6.34. The summed E-state index contributed by atoms with van der Waals surface area (Å²) in [5, 5.41) is 7.57. The summed E-state index contributed by atoms with van der Waals surface area (Å²) < 4.78 is 0. The van der Waals surface area contributed by atoms with Crippen LogP contribution in [0.2, 0.25) is 0 Å². The van der Waals surface area contributed by atoms with Crippen molar-refractivity contribution in [1.29, 1.82) is 5.41 Å². The van der Waals surface area contributed by atoms with Crippen LogP contribution in [-0.4, -0.2) is 15.7 Å². The molecule has 0 saturated carbocycles. The Balaban J connectivity index is 0.000000921. The molecule has 1 heterocycles. The van der Waals surface area contributed by atoms with Crippen molar-refractivity contribution in [3.05, 3.63) is 23.8 Å². The topological polar surface area (TPSA) is 52.5 Å². The maximum atomic E-state index is 7.57. The van der Waals surface area contributed by atoms with Crippen molar-refractivity contribution < 1.29 is 0 Å². The van der Waals surface area contributed by atoms with Crippen molar-refractivity contribution in [1.82, 2.24) is 9.97 Å². The van der Waals surface area contributed by atoms with Crippen molar-refractivity contribution in [2.24, 2.45) is 5.92 Å². The first kappa shape index (κ1) is 13.6. The summed E-state index contributed by atoms with van der Waals surface area (Å²) in [5.74, 6) is 1.08. The Labute approximate surface area is 92.1 Å². The number of imidazole rings is 1. The fraction of sp³-hybridized carbons (Fsp3) is 0.500. The first-order valence-corrected chi connectivity index (χ1v) is 5.37. The minimum atomic E-state index is 0.271. The van der Waals surface area contributed by atoms with Gasteiger partial charge in [0.15, 0.2) is 0 Å². The average Bonchev–Trinajstić information content (AvgIpc) is 2.63. The summed E-state index contributed by atoms with van der Waals surface area (Å²) in [6, 6.07) is 0. The Morgan fingerprint density at radius 3 is 2.47 bits per heavy atom. The quantitative estimate of drug-likeness (QED) is 0.733. The largest absolute Gasteiger partial charge is 0.343 e. The lowest BCUT2D eigenvalue weighted by molar-refractivity contribution is 0.882. The van der Waals surface area contributed by atoms with E-state index in [9.17, 15) is 0 Å². The third-order valence-electron chi connectivity index (χ3n) is 1.77. The number of nitrogens with zero attached hydrogens (tertiary/aromatic N) is 1. The monoisotopic (exact) mass is 207 g/mol. The Morgan fingerprint density at radius 2 is 2.07 bits per heavy atom. The number of hydrogen-bond donors (Lipinski definition) is 2. The van der Waals surface area contributed by atoms with Gasteiger partial charge in [-0.2, -0.15) is 0 Å². The lowest BCUT2D eigenvalue weighted by Crippen LogP contribution is -2.00. The van der Waals surface area contributed by atoms with Crippen LogP contribution in [0.4, 0.5) is 0 Å². The molecule has 0 aliphatic carbocycles. The van der Waals surface area contributed by atoms with E-state index in [1.165, 1.54) is 0 Å². The Hall–Kier alpha value is -1.38. The van der Waals surface area contributed by atoms with E-state index < -0.39 is 0 Å². The average molecular weight is 207 g/mol. The number of aromatic amines is 1. The predicted molar refractivity (Wildman–Crippen MR) is 66.3 cm³/mol. The molecule has 0 fully saturated rings. The molecule has 15 heavy (non-hydrogen) atoms. The smallest absolute Gasteiger partial charge is 0.130 e. The summed E-state index contributed by atoms with van der Waals surface area (Å²) in [5.41, 5.74) is 1.66. The van der Waals surface area contributed by atoms with Crippen LogP contribution in [0.25, 0.3) is 6.08 Å². The Morgan fingerprint density at radius 1 is 1.47 bits per heavy atom. The van der Waals surface area contributed by atoms with E-state index in [0.29, 0.717) is 5.71 Å². The number of allylic oxidation sites excluding steroid dienone is 1. The molecule has 84 valence electrons. The van der Waals surface area contributed by atoms with Gasteiger partial charge in [0, 0.05) is 17.6 Å². The zero-order valence-electron chi connectivity index (χ0n) is 10.3. The molecule has 2 N–H and O–H groups in total. The number of nitrogens with one attached hydrogen (secondary N) is 2. The van der Waals surface area contributed by atoms with Gasteiger partial charge in [-0.1, -0.05) is 27.7 Å². The molecule has 0 aromatic carbocycles. The maximum Gasteiger partial charge on any atom is 0.130 e. The van der Waals surface area contributed by atoms with E-state index in [4.69, 9.17) is 5.41 Å². The number of H-pyrrole nitrogens is 1. The third-order valence-corrected chi connectivity index (χ3v) is 1.77. The second-order valence-corrected chi connectivity index (χ2v) is 3.39. The maximum absolute atomic E-state index is 7.57. The van der Waals surface area contributed by atoms with E-state index >= 15 is 0 Å². The summed E-state index contributed by atoms with van der Waals surface area (Å²) in [7, 11) is 0. The number of hydrogen-bond acceptors (Lipinski definition) is 2. The van der Waals surface area contributed by atoms with Gasteiger partial charge < -0.3 is 10.4 Å². The minimum absolute atomic E-state index is 0.271. The van der Waals surface area contributed by atoms with Crippen LogP contribution in [0.1, 0.15) is 39.2 Å². The molecule has 1 rings (SSSR count). The standard InChI is InChI=1S/C10H15N3.C2H6/c1-7(2)9(11)4-5-10-12-6-8(3)13-10;1-2/h4-7,11H,1-3H3,(H,12,13);1-2H3/b5-4-,11-9?;. The zero-order chi connectivity index (χ0) is 11.8. The molecule has 0 aliphatic heterocycles. The van der Waals surface area contributed by atoms with E-state index in [1.807, 2.05) is 40.7 Å². The van der Waals surface area contributed by atoms with E-state index in [-0.39, 0.29) is 5.92 Å². The molecular formula is C12H21N3. The fourth-order valence-corrected chi connectivity index (χ4v) is 0.879. The molecule has 0 amide bonds. The van der Waals surface area contributed by atoms with Gasteiger partial charge in [0.05, 0.1) is 0 Å². The van der Waals surface area contributed by atoms with E-state index in [0.717, 1.165) is 11.5 Å². The zero-order valence-corrected chi connectivity index (χ0v) is 10.3. The van der Waals surface area contributed by atoms with Crippen molar-refractivity contribution in [2.45, 2.75) is 34.6 Å². The molecule has 0 spiro atoms. The van der Waals surface area contributed by atoms with Crippen LogP contribution in [0.5, 0.6) is 0 Å². The Bertz CT molecular complexity index is 321. The second-order valence-electron chi connectivity index (χ2n) is 3.39. The molecule has 0 atom stereocenters. The van der Waals surface area contributed by atoms with Gasteiger partial charge in [-0.3, -0.25) is 0 Å². The van der Waals surface area contributed by atoms with E-state index in [1.54, 1.807) is 12.3 Å². The van der Waals surface area contributed by atoms with Gasteiger partial charge in [-0.15, -0.1) is 0 Å². The van der Waals surface area contributed by atoms with Gasteiger partial charge in [0.25, 0.3) is 0 Å². The molecule has 0 saturated heterocycles. The summed E-state index contributed by atoms with van der Waals surface area (Å²) in [6.07, 6.45) is 5.39. The predicted octanol–water partition coefficient (Wildman–Crippen LogP) is 3.43. The first-order valence-electron chi connectivity index (χ1n) is 5.37. The number of aryl methyl sites for hydroxylation is 1. The summed E-state index contributed by atoms with van der Waals surface area (Å²) >= 11 is 0. The van der Waals surface area contributed by atoms with Gasteiger partial charge in [0.1, 0.15) is 5.82 Å². The highest BCUT2D eigenvalue weighted by atomic mass is 14.9. The minimum Gasteiger partial charge on any atom is -0.343 e. The molecule has 1 aromatic rings. The lowest BCUT2D eigenvalue weighted by Gasteiger charge is -1.99. The van der Waals surface area contributed by atoms with Crippen molar-refractivity contribution >= 4 is 11.8 Å². The highest BCUT2D eigenvalue weighted by molar-refractivity contribution is 5.96. The molecule has 0 bridgehead atoms. The van der Waals surface area contributed by atoms with Gasteiger partial charge >= 0.3 is 0 Å². The van der Waals surface area contributed by atoms with Crippen LogP contribution >= 0.6 is 0 Å². The molecule has 1 aromatic heterocycles. The number of rotatable bonds is 3. The highest BCUT2D eigenvalue weighted by Crippen LogP contribution is 2.01. The number of aromatic nitrogens is 2. The van der Waals surface area contributed by atoms with Crippen molar-refractivity contribution in [3.63, 3.8) is 0 Å². The molecule has 3 heteroatoms. The lowest BCUT2D eigenvalue weighted by atomic mass is 10.1. The van der Waals surface area contributed by atoms with Crippen LogP contribution in [-0.2, 0) is 0 Å².